The standard InChI is InChI=1S/C32H31FN6O2/c1-38(2)24-13-14-39(18-24)31(41)21-8-10-23(11-9-21)36-32-35-17-22-16-34-30(26-5-3-4-6-28(26)33)27-15-20(19-40)7-12-25(27)29(22)37-32/h3-12,15,17,24,40H,13-14,16,18-19H2,1-2H3,(H,35,36,37). The topological polar surface area (TPSA) is 94.0 Å². The van der Waals surface area contributed by atoms with Gasteiger partial charge in [0, 0.05) is 58.8 Å². The van der Waals surface area contributed by atoms with Crippen LogP contribution in [0.1, 0.15) is 39.0 Å². The lowest BCUT2D eigenvalue weighted by atomic mass is 9.93. The SMILES string of the molecule is CN(C)C1CCN(C(=O)c2ccc(Nc3ncc4c(n3)-c3ccc(CO)cc3C(c3ccccc3F)=NC4)cc2)C1. The van der Waals surface area contributed by atoms with E-state index in [1.807, 2.05) is 61.5 Å². The summed E-state index contributed by atoms with van der Waals surface area (Å²) in [6.45, 7) is 1.63. The van der Waals surface area contributed by atoms with Gasteiger partial charge in [0.25, 0.3) is 5.91 Å². The van der Waals surface area contributed by atoms with Crippen LogP contribution in [0.25, 0.3) is 11.3 Å². The lowest BCUT2D eigenvalue weighted by Gasteiger charge is -2.20. The first-order valence-electron chi connectivity index (χ1n) is 13.6. The third-order valence-electron chi connectivity index (χ3n) is 7.75. The predicted molar refractivity (Wildman–Crippen MR) is 157 cm³/mol. The van der Waals surface area contributed by atoms with E-state index >= 15 is 0 Å². The lowest BCUT2D eigenvalue weighted by molar-refractivity contribution is 0.0783. The van der Waals surface area contributed by atoms with Crippen LogP contribution in [0, 0.1) is 5.82 Å². The van der Waals surface area contributed by atoms with Crippen molar-refractivity contribution in [2.24, 2.45) is 4.99 Å². The molecular formula is C32H31FN6O2. The number of likely N-dealkylation sites (tertiary alicyclic amines) is 1. The highest BCUT2D eigenvalue weighted by Crippen LogP contribution is 2.33. The minimum Gasteiger partial charge on any atom is -0.392 e. The molecule has 2 aliphatic rings. The number of halogens is 1. The quantitative estimate of drug-likeness (QED) is 0.363. The van der Waals surface area contributed by atoms with Gasteiger partial charge in [0.1, 0.15) is 5.82 Å². The third kappa shape index (κ3) is 5.33. The zero-order valence-corrected chi connectivity index (χ0v) is 23.0. The summed E-state index contributed by atoms with van der Waals surface area (Å²) in [6, 6.07) is 19.8. The van der Waals surface area contributed by atoms with E-state index in [-0.39, 0.29) is 24.9 Å². The van der Waals surface area contributed by atoms with E-state index in [1.54, 1.807) is 24.4 Å². The van der Waals surface area contributed by atoms with Gasteiger partial charge >= 0.3 is 0 Å². The van der Waals surface area contributed by atoms with Gasteiger partial charge in [0.2, 0.25) is 5.95 Å². The molecule has 4 aromatic rings. The number of aliphatic hydroxyl groups excluding tert-OH is 1. The van der Waals surface area contributed by atoms with E-state index in [2.05, 4.69) is 15.2 Å². The van der Waals surface area contributed by atoms with Crippen LogP contribution in [-0.2, 0) is 13.2 Å². The third-order valence-corrected chi connectivity index (χ3v) is 7.75. The number of nitrogens with zero attached hydrogens (tertiary/aromatic N) is 5. The number of aliphatic hydroxyl groups is 1. The second-order valence-electron chi connectivity index (χ2n) is 10.6. The van der Waals surface area contributed by atoms with Gasteiger partial charge in [-0.25, -0.2) is 14.4 Å². The van der Waals surface area contributed by atoms with Crippen molar-refractivity contribution in [3.63, 3.8) is 0 Å². The molecule has 0 spiro atoms. The van der Waals surface area contributed by atoms with Gasteiger partial charge in [-0.15, -0.1) is 0 Å². The average molecular weight is 551 g/mol. The first-order valence-corrected chi connectivity index (χ1v) is 13.6. The maximum atomic E-state index is 14.8. The number of amides is 1. The van der Waals surface area contributed by atoms with Gasteiger partial charge in [0.15, 0.2) is 0 Å². The highest BCUT2D eigenvalue weighted by atomic mass is 19.1. The van der Waals surface area contributed by atoms with Crippen LogP contribution in [0.15, 0.2) is 77.9 Å². The van der Waals surface area contributed by atoms with Crippen molar-refractivity contribution < 1.29 is 14.3 Å². The molecule has 6 rings (SSSR count). The van der Waals surface area contributed by atoms with Gasteiger partial charge in [-0.3, -0.25) is 9.79 Å². The number of fused-ring (bicyclic) bond motifs is 3. The van der Waals surface area contributed by atoms with Crippen LogP contribution in [0.5, 0.6) is 0 Å². The number of benzene rings is 3. The van der Waals surface area contributed by atoms with Crippen molar-refractivity contribution in [3.8, 4) is 11.3 Å². The number of carbonyl (C=O) groups excluding carboxylic acids is 1. The molecule has 1 unspecified atom stereocenters. The van der Waals surface area contributed by atoms with Crippen molar-refractivity contribution in [2.45, 2.75) is 25.6 Å². The summed E-state index contributed by atoms with van der Waals surface area (Å²) in [5, 5.41) is 13.0. The minimum absolute atomic E-state index is 0.0340. The van der Waals surface area contributed by atoms with Crippen LogP contribution >= 0.6 is 0 Å². The molecule has 1 aromatic heterocycles. The number of aromatic nitrogens is 2. The van der Waals surface area contributed by atoms with E-state index in [1.165, 1.54) is 6.07 Å². The Labute approximate surface area is 238 Å². The van der Waals surface area contributed by atoms with Gasteiger partial charge in [0.05, 0.1) is 24.6 Å². The van der Waals surface area contributed by atoms with Crippen LogP contribution in [0.3, 0.4) is 0 Å². The van der Waals surface area contributed by atoms with Gasteiger partial charge < -0.3 is 20.2 Å². The van der Waals surface area contributed by atoms with Crippen molar-refractivity contribution >= 4 is 23.3 Å². The summed E-state index contributed by atoms with van der Waals surface area (Å²) in [7, 11) is 4.09. The molecule has 9 heteroatoms. The van der Waals surface area contributed by atoms with Crippen molar-refractivity contribution in [1.82, 2.24) is 19.8 Å². The molecule has 1 atom stereocenters. The zero-order valence-electron chi connectivity index (χ0n) is 23.0. The molecule has 1 saturated heterocycles. The maximum Gasteiger partial charge on any atom is 0.253 e. The normalized spacial score (nSPS) is 16.2. The highest BCUT2D eigenvalue weighted by Gasteiger charge is 2.28. The van der Waals surface area contributed by atoms with Crippen molar-refractivity contribution in [3.05, 3.63) is 107 Å². The summed E-state index contributed by atoms with van der Waals surface area (Å²) in [4.78, 5) is 31.2. The molecule has 0 aliphatic carbocycles. The number of aliphatic imine (C=N–C) groups is 1. The van der Waals surface area contributed by atoms with Gasteiger partial charge in [-0.2, -0.15) is 0 Å². The molecule has 8 nitrogen and oxygen atoms in total. The van der Waals surface area contributed by atoms with Crippen molar-refractivity contribution in [2.75, 3.05) is 32.5 Å². The minimum atomic E-state index is -0.366. The average Bonchev–Trinajstić information content (AvgIpc) is 3.44. The molecule has 1 fully saturated rings. The first kappa shape index (κ1) is 26.7. The molecule has 3 aromatic carbocycles. The van der Waals surface area contributed by atoms with E-state index in [0.29, 0.717) is 45.6 Å². The van der Waals surface area contributed by atoms with Crippen LogP contribution in [0.2, 0.25) is 0 Å². The Kier molecular flexibility index (Phi) is 7.30. The number of rotatable bonds is 6. The molecule has 0 saturated carbocycles. The van der Waals surface area contributed by atoms with Crippen LogP contribution in [0.4, 0.5) is 16.0 Å². The number of hydrogen-bond acceptors (Lipinski definition) is 7. The van der Waals surface area contributed by atoms with Gasteiger partial charge in [-0.1, -0.05) is 24.3 Å². The zero-order chi connectivity index (χ0) is 28.5. The fraction of sp³-hybridized carbons (Fsp3) is 0.250. The summed E-state index contributed by atoms with van der Waals surface area (Å²) in [5.41, 5.74) is 5.97. The fourth-order valence-electron chi connectivity index (χ4n) is 5.40. The van der Waals surface area contributed by atoms with Crippen LogP contribution in [-0.4, -0.2) is 69.7 Å². The molecule has 208 valence electrons. The van der Waals surface area contributed by atoms with E-state index < -0.39 is 0 Å². The summed E-state index contributed by atoms with van der Waals surface area (Å²) < 4.78 is 14.8. The lowest BCUT2D eigenvalue weighted by Crippen LogP contribution is -2.34. The molecular weight excluding hydrogens is 519 g/mol. The number of hydrogen-bond donors (Lipinski definition) is 2. The number of carbonyl (C=O) groups is 1. The summed E-state index contributed by atoms with van der Waals surface area (Å²) >= 11 is 0. The Hall–Kier alpha value is -4.47. The Morgan fingerprint density at radius 2 is 1.88 bits per heavy atom. The molecule has 1 amide bonds. The predicted octanol–water partition coefficient (Wildman–Crippen LogP) is 4.65. The highest BCUT2D eigenvalue weighted by molar-refractivity contribution is 6.17. The Morgan fingerprint density at radius 1 is 1.07 bits per heavy atom. The monoisotopic (exact) mass is 550 g/mol. The Morgan fingerprint density at radius 3 is 2.61 bits per heavy atom. The second kappa shape index (κ2) is 11.2. The van der Waals surface area contributed by atoms with Crippen molar-refractivity contribution in [1.29, 1.82) is 0 Å². The molecule has 2 aliphatic heterocycles. The second-order valence-corrected chi connectivity index (χ2v) is 10.6. The first-order chi connectivity index (χ1) is 19.9. The number of likely N-dealkylation sites (N-methyl/N-ethyl adjacent to an activating group) is 1. The fourth-order valence-corrected chi connectivity index (χ4v) is 5.40. The molecule has 0 bridgehead atoms. The number of nitrogens with one attached hydrogen (secondary N) is 1. The maximum absolute atomic E-state index is 14.8. The Bertz CT molecular complexity index is 1640. The molecule has 2 N–H and O–H groups in total. The molecule has 41 heavy (non-hydrogen) atoms. The molecule has 0 radical (unpaired) electrons. The van der Waals surface area contributed by atoms with Crippen LogP contribution < -0.4 is 5.32 Å². The molecule has 3 heterocycles. The van der Waals surface area contributed by atoms with Gasteiger partial charge in [-0.05, 0) is 68.5 Å². The van der Waals surface area contributed by atoms with E-state index in [0.717, 1.165) is 36.3 Å². The smallest absolute Gasteiger partial charge is 0.253 e. The Balaban J connectivity index is 1.27. The summed E-state index contributed by atoms with van der Waals surface area (Å²) in [6.07, 6.45) is 2.71. The largest absolute Gasteiger partial charge is 0.392 e. The summed E-state index contributed by atoms with van der Waals surface area (Å²) in [5.74, 6) is 0.0598. The number of anilines is 2. The van der Waals surface area contributed by atoms with E-state index in [9.17, 15) is 14.3 Å². The van der Waals surface area contributed by atoms with E-state index in [4.69, 9.17) is 9.98 Å².